The molecule has 0 spiro atoms. The quantitative estimate of drug-likeness (QED) is 0.738. The number of carbonyl (C=O) groups excluding carboxylic acids is 1. The van der Waals surface area contributed by atoms with Gasteiger partial charge in [-0.05, 0) is 45.9 Å². The van der Waals surface area contributed by atoms with Crippen molar-refractivity contribution in [2.45, 2.75) is 19.3 Å². The summed E-state index contributed by atoms with van der Waals surface area (Å²) in [5.41, 5.74) is 0. The maximum atomic E-state index is 11.7. The molecule has 1 fully saturated rings. The van der Waals surface area contributed by atoms with Crippen LogP contribution in [0.2, 0.25) is 0 Å². The zero-order chi connectivity index (χ0) is 12.0. The summed E-state index contributed by atoms with van der Waals surface area (Å²) >= 11 is 0. The first-order valence-corrected chi connectivity index (χ1v) is 6.20. The standard InChI is InChI=1S/C12H25N3O/c1-13-7-4-12(16)15(3)10-11-5-8-14(2)9-6-11/h11,13H,4-10H2,1-3H3. The molecule has 1 rings (SSSR count). The van der Waals surface area contributed by atoms with Gasteiger partial charge in [-0.15, -0.1) is 0 Å². The average molecular weight is 227 g/mol. The van der Waals surface area contributed by atoms with Crippen molar-refractivity contribution in [3.63, 3.8) is 0 Å². The van der Waals surface area contributed by atoms with E-state index in [0.717, 1.165) is 13.1 Å². The summed E-state index contributed by atoms with van der Waals surface area (Å²) in [6.07, 6.45) is 3.06. The van der Waals surface area contributed by atoms with E-state index < -0.39 is 0 Å². The number of piperidine rings is 1. The van der Waals surface area contributed by atoms with Crippen LogP contribution in [0.1, 0.15) is 19.3 Å². The number of hydrogen-bond donors (Lipinski definition) is 1. The zero-order valence-corrected chi connectivity index (χ0v) is 10.8. The number of hydrogen-bond acceptors (Lipinski definition) is 3. The molecule has 1 N–H and O–H groups in total. The molecule has 4 heteroatoms. The average Bonchev–Trinajstić information content (AvgIpc) is 2.29. The summed E-state index contributed by atoms with van der Waals surface area (Å²) in [4.78, 5) is 16.0. The molecule has 0 aliphatic carbocycles. The number of rotatable bonds is 5. The molecule has 1 heterocycles. The molecule has 94 valence electrons. The van der Waals surface area contributed by atoms with Crippen LogP contribution >= 0.6 is 0 Å². The Balaban J connectivity index is 2.22. The van der Waals surface area contributed by atoms with Crippen LogP contribution in [0.4, 0.5) is 0 Å². The normalized spacial score (nSPS) is 18.7. The van der Waals surface area contributed by atoms with E-state index in [1.165, 1.54) is 25.9 Å². The third-order valence-corrected chi connectivity index (χ3v) is 3.38. The molecule has 0 aromatic heterocycles. The van der Waals surface area contributed by atoms with Crippen molar-refractivity contribution in [2.75, 3.05) is 47.3 Å². The van der Waals surface area contributed by atoms with E-state index in [1.807, 2.05) is 19.0 Å². The Hall–Kier alpha value is -0.610. The second kappa shape index (κ2) is 6.86. The Morgan fingerprint density at radius 2 is 2.06 bits per heavy atom. The van der Waals surface area contributed by atoms with E-state index in [2.05, 4.69) is 17.3 Å². The zero-order valence-electron chi connectivity index (χ0n) is 10.8. The van der Waals surface area contributed by atoms with Crippen molar-refractivity contribution in [3.05, 3.63) is 0 Å². The van der Waals surface area contributed by atoms with Crippen LogP contribution in [-0.4, -0.2) is 63.0 Å². The third kappa shape index (κ3) is 4.49. The molecule has 0 atom stereocenters. The highest BCUT2D eigenvalue weighted by Gasteiger charge is 2.19. The van der Waals surface area contributed by atoms with Gasteiger partial charge in [0.05, 0.1) is 0 Å². The highest BCUT2D eigenvalue weighted by molar-refractivity contribution is 5.76. The van der Waals surface area contributed by atoms with Crippen LogP contribution in [0.25, 0.3) is 0 Å². The lowest BCUT2D eigenvalue weighted by molar-refractivity contribution is -0.130. The van der Waals surface area contributed by atoms with E-state index in [1.54, 1.807) is 0 Å². The lowest BCUT2D eigenvalue weighted by Gasteiger charge is -2.31. The smallest absolute Gasteiger partial charge is 0.223 e. The predicted octanol–water partition coefficient (Wildman–Crippen LogP) is 0.396. The molecular weight excluding hydrogens is 202 g/mol. The summed E-state index contributed by atoms with van der Waals surface area (Å²) in [5.74, 6) is 0.952. The predicted molar refractivity (Wildman–Crippen MR) is 66.4 cm³/mol. The monoisotopic (exact) mass is 227 g/mol. The fraction of sp³-hybridized carbons (Fsp3) is 0.917. The van der Waals surface area contributed by atoms with Gasteiger partial charge in [-0.1, -0.05) is 0 Å². The van der Waals surface area contributed by atoms with Crippen molar-refractivity contribution in [1.29, 1.82) is 0 Å². The molecule has 0 bridgehead atoms. The third-order valence-electron chi connectivity index (χ3n) is 3.38. The van der Waals surface area contributed by atoms with Gasteiger partial charge < -0.3 is 15.1 Å². The second-order valence-electron chi connectivity index (χ2n) is 4.87. The van der Waals surface area contributed by atoms with Gasteiger partial charge in [0.2, 0.25) is 5.91 Å². The molecular formula is C12H25N3O. The molecule has 1 saturated heterocycles. The Bertz CT molecular complexity index is 212. The van der Waals surface area contributed by atoms with Gasteiger partial charge in [0.25, 0.3) is 0 Å². The van der Waals surface area contributed by atoms with Gasteiger partial charge >= 0.3 is 0 Å². The van der Waals surface area contributed by atoms with Crippen LogP contribution in [0.15, 0.2) is 0 Å². The number of amides is 1. The van der Waals surface area contributed by atoms with Crippen LogP contribution in [0.5, 0.6) is 0 Å². The van der Waals surface area contributed by atoms with E-state index >= 15 is 0 Å². The van der Waals surface area contributed by atoms with Crippen molar-refractivity contribution >= 4 is 5.91 Å². The van der Waals surface area contributed by atoms with Crippen molar-refractivity contribution in [2.24, 2.45) is 5.92 Å². The molecule has 0 radical (unpaired) electrons. The minimum atomic E-state index is 0.258. The SMILES string of the molecule is CNCCC(=O)N(C)CC1CCN(C)CC1. The number of nitrogens with zero attached hydrogens (tertiary/aromatic N) is 2. The maximum Gasteiger partial charge on any atom is 0.223 e. The van der Waals surface area contributed by atoms with Crippen molar-refractivity contribution in [3.8, 4) is 0 Å². The van der Waals surface area contributed by atoms with Gasteiger partial charge in [-0.2, -0.15) is 0 Å². The van der Waals surface area contributed by atoms with Crippen LogP contribution in [0, 0.1) is 5.92 Å². The van der Waals surface area contributed by atoms with E-state index in [0.29, 0.717) is 12.3 Å². The van der Waals surface area contributed by atoms with Crippen molar-refractivity contribution < 1.29 is 4.79 Å². The van der Waals surface area contributed by atoms with E-state index in [9.17, 15) is 4.79 Å². The minimum Gasteiger partial charge on any atom is -0.345 e. The number of carbonyl (C=O) groups is 1. The second-order valence-corrected chi connectivity index (χ2v) is 4.87. The van der Waals surface area contributed by atoms with Gasteiger partial charge in [0.15, 0.2) is 0 Å². The van der Waals surface area contributed by atoms with Gasteiger partial charge in [0.1, 0.15) is 0 Å². The summed E-state index contributed by atoms with van der Waals surface area (Å²) in [6, 6.07) is 0. The minimum absolute atomic E-state index is 0.258. The molecule has 1 amide bonds. The number of likely N-dealkylation sites (tertiary alicyclic amines) is 1. The fourth-order valence-corrected chi connectivity index (χ4v) is 2.16. The highest BCUT2D eigenvalue weighted by atomic mass is 16.2. The lowest BCUT2D eigenvalue weighted by Crippen LogP contribution is -2.38. The highest BCUT2D eigenvalue weighted by Crippen LogP contribution is 2.16. The van der Waals surface area contributed by atoms with Crippen LogP contribution < -0.4 is 5.32 Å². The molecule has 0 aromatic carbocycles. The molecule has 1 aliphatic rings. The van der Waals surface area contributed by atoms with Crippen molar-refractivity contribution in [1.82, 2.24) is 15.1 Å². The Kier molecular flexibility index (Phi) is 5.77. The molecule has 0 aromatic rings. The topological polar surface area (TPSA) is 35.6 Å². The molecule has 1 aliphatic heterocycles. The lowest BCUT2D eigenvalue weighted by atomic mass is 9.96. The Labute approximate surface area is 99.0 Å². The van der Waals surface area contributed by atoms with E-state index in [4.69, 9.17) is 0 Å². The summed E-state index contributed by atoms with van der Waals surface area (Å²) in [7, 11) is 5.97. The molecule has 16 heavy (non-hydrogen) atoms. The molecule has 0 saturated carbocycles. The molecule has 0 unspecified atom stereocenters. The van der Waals surface area contributed by atoms with Crippen LogP contribution in [0.3, 0.4) is 0 Å². The van der Waals surface area contributed by atoms with Gasteiger partial charge in [0, 0.05) is 26.6 Å². The first-order chi connectivity index (χ1) is 7.63. The first kappa shape index (κ1) is 13.5. The summed E-state index contributed by atoms with van der Waals surface area (Å²) < 4.78 is 0. The van der Waals surface area contributed by atoms with Crippen LogP contribution in [-0.2, 0) is 4.79 Å². The maximum absolute atomic E-state index is 11.7. The number of nitrogens with one attached hydrogen (secondary N) is 1. The largest absolute Gasteiger partial charge is 0.345 e. The summed E-state index contributed by atoms with van der Waals surface area (Å²) in [6.45, 7) is 4.04. The first-order valence-electron chi connectivity index (χ1n) is 6.20. The summed E-state index contributed by atoms with van der Waals surface area (Å²) in [5, 5.41) is 3.01. The van der Waals surface area contributed by atoms with Gasteiger partial charge in [-0.25, -0.2) is 0 Å². The van der Waals surface area contributed by atoms with E-state index in [-0.39, 0.29) is 5.91 Å². The molecule has 4 nitrogen and oxygen atoms in total. The Morgan fingerprint density at radius 3 is 2.62 bits per heavy atom. The fourth-order valence-electron chi connectivity index (χ4n) is 2.16. The van der Waals surface area contributed by atoms with Gasteiger partial charge in [-0.3, -0.25) is 4.79 Å². The Morgan fingerprint density at radius 1 is 1.44 bits per heavy atom.